The minimum absolute atomic E-state index is 0.135. The summed E-state index contributed by atoms with van der Waals surface area (Å²) in [5.74, 6) is 8.36. The van der Waals surface area contributed by atoms with Crippen LogP contribution in [0.2, 0.25) is 0 Å². The van der Waals surface area contributed by atoms with Gasteiger partial charge in [-0.25, -0.2) is 15.8 Å². The Morgan fingerprint density at radius 2 is 2.11 bits per heavy atom. The van der Waals surface area contributed by atoms with Gasteiger partial charge in [-0.2, -0.15) is 0 Å². The number of aliphatic hydroxyl groups is 1. The summed E-state index contributed by atoms with van der Waals surface area (Å²) in [6.07, 6.45) is 2.71. The summed E-state index contributed by atoms with van der Waals surface area (Å²) in [5.41, 5.74) is 2.57. The van der Waals surface area contributed by atoms with E-state index in [0.717, 1.165) is 37.4 Å². The molecule has 5 N–H and O–H groups in total. The van der Waals surface area contributed by atoms with Gasteiger partial charge in [-0.15, -0.1) is 0 Å². The summed E-state index contributed by atoms with van der Waals surface area (Å²) in [6.45, 7) is 4.93. The number of hydrazine groups is 1. The largest absolute Gasteiger partial charge is 0.393 e. The number of anilines is 2. The van der Waals surface area contributed by atoms with Gasteiger partial charge in [0.15, 0.2) is 0 Å². The summed E-state index contributed by atoms with van der Waals surface area (Å²) in [6, 6.07) is 1.80. The average Bonchev–Trinajstić information content (AvgIpc) is 2.81. The third-order valence-corrected chi connectivity index (χ3v) is 3.49. The molecule has 2 unspecified atom stereocenters. The number of nitrogens with zero attached hydrogens (tertiary/aromatic N) is 2. The van der Waals surface area contributed by atoms with E-state index in [9.17, 15) is 5.11 Å². The van der Waals surface area contributed by atoms with Crippen LogP contribution in [0.1, 0.15) is 44.9 Å². The van der Waals surface area contributed by atoms with Gasteiger partial charge in [0, 0.05) is 18.5 Å². The first-order valence-corrected chi connectivity index (χ1v) is 6.86. The van der Waals surface area contributed by atoms with Gasteiger partial charge in [0.25, 0.3) is 0 Å². The molecule has 1 aliphatic rings. The van der Waals surface area contributed by atoms with E-state index in [4.69, 9.17) is 5.84 Å². The number of rotatable bonds is 5. The van der Waals surface area contributed by atoms with E-state index in [2.05, 4.69) is 20.7 Å². The van der Waals surface area contributed by atoms with Crippen LogP contribution in [-0.4, -0.2) is 27.7 Å². The number of aliphatic hydroxyl groups excluding tert-OH is 1. The Balaban J connectivity index is 2.00. The minimum atomic E-state index is -0.135. The van der Waals surface area contributed by atoms with Crippen LogP contribution in [0.4, 0.5) is 11.6 Å². The van der Waals surface area contributed by atoms with E-state index in [0.29, 0.717) is 11.7 Å². The van der Waals surface area contributed by atoms with Crippen LogP contribution >= 0.6 is 0 Å². The Labute approximate surface area is 113 Å². The van der Waals surface area contributed by atoms with Crippen LogP contribution in [0.5, 0.6) is 0 Å². The van der Waals surface area contributed by atoms with Gasteiger partial charge >= 0.3 is 0 Å². The molecule has 19 heavy (non-hydrogen) atoms. The Kier molecular flexibility index (Phi) is 4.55. The molecule has 2 rings (SSSR count). The van der Waals surface area contributed by atoms with Crippen molar-refractivity contribution in [1.82, 2.24) is 9.97 Å². The Morgan fingerprint density at radius 1 is 1.37 bits per heavy atom. The highest BCUT2D eigenvalue weighted by molar-refractivity contribution is 5.47. The number of aromatic nitrogens is 2. The number of nitrogen functional groups attached to an aromatic ring is 1. The van der Waals surface area contributed by atoms with Crippen LogP contribution in [0.3, 0.4) is 0 Å². The molecule has 0 spiro atoms. The van der Waals surface area contributed by atoms with Crippen LogP contribution in [-0.2, 0) is 0 Å². The molecule has 1 heterocycles. The highest BCUT2D eigenvalue weighted by Gasteiger charge is 2.22. The Morgan fingerprint density at radius 3 is 2.68 bits per heavy atom. The molecule has 0 aromatic carbocycles. The van der Waals surface area contributed by atoms with Crippen molar-refractivity contribution in [3.05, 3.63) is 11.9 Å². The zero-order valence-electron chi connectivity index (χ0n) is 11.6. The first-order valence-electron chi connectivity index (χ1n) is 6.86. The predicted molar refractivity (Wildman–Crippen MR) is 75.8 cm³/mol. The highest BCUT2D eigenvalue weighted by Crippen LogP contribution is 2.26. The zero-order chi connectivity index (χ0) is 13.8. The fourth-order valence-electron chi connectivity index (χ4n) is 2.37. The van der Waals surface area contributed by atoms with Crippen molar-refractivity contribution in [1.29, 1.82) is 0 Å². The molecule has 1 saturated carbocycles. The maximum atomic E-state index is 9.52. The smallest absolute Gasteiger partial charge is 0.145 e. The number of nitrogens with two attached hydrogens (primary N) is 1. The molecule has 6 heteroatoms. The second-order valence-corrected chi connectivity index (χ2v) is 5.51. The van der Waals surface area contributed by atoms with Crippen LogP contribution in [0.25, 0.3) is 0 Å². The second kappa shape index (κ2) is 6.16. The van der Waals surface area contributed by atoms with E-state index >= 15 is 0 Å². The predicted octanol–water partition coefficient (Wildman–Crippen LogP) is 1.46. The normalized spacial score (nSPS) is 22.8. The summed E-state index contributed by atoms with van der Waals surface area (Å²) >= 11 is 0. The summed E-state index contributed by atoms with van der Waals surface area (Å²) in [7, 11) is 0. The quantitative estimate of drug-likeness (QED) is 0.475. The summed E-state index contributed by atoms with van der Waals surface area (Å²) in [4.78, 5) is 8.80. The van der Waals surface area contributed by atoms with Crippen LogP contribution in [0.15, 0.2) is 6.07 Å². The number of hydrogen-bond donors (Lipinski definition) is 4. The molecular weight excluding hydrogens is 242 g/mol. The molecule has 106 valence electrons. The fourth-order valence-corrected chi connectivity index (χ4v) is 2.37. The lowest BCUT2D eigenvalue weighted by Crippen LogP contribution is -2.16. The van der Waals surface area contributed by atoms with Crippen molar-refractivity contribution in [2.75, 3.05) is 17.3 Å². The van der Waals surface area contributed by atoms with Gasteiger partial charge in [0.2, 0.25) is 0 Å². The molecule has 1 aliphatic carbocycles. The standard InChI is InChI=1S/C13H23N5O/c1-8(2)13-16-11(6-12(17-13)18-14)15-7-9-3-4-10(19)5-9/h6,8-10,19H,3-5,7,14H2,1-2H3,(H2,15,16,17,18). The maximum absolute atomic E-state index is 9.52. The molecular formula is C13H23N5O. The summed E-state index contributed by atoms with van der Waals surface area (Å²) < 4.78 is 0. The fraction of sp³-hybridized carbons (Fsp3) is 0.692. The van der Waals surface area contributed by atoms with E-state index < -0.39 is 0 Å². The first kappa shape index (κ1) is 14.0. The lowest BCUT2D eigenvalue weighted by atomic mass is 10.1. The van der Waals surface area contributed by atoms with Gasteiger partial charge in [-0.3, -0.25) is 0 Å². The molecule has 0 radical (unpaired) electrons. The minimum Gasteiger partial charge on any atom is -0.393 e. The monoisotopic (exact) mass is 265 g/mol. The van der Waals surface area contributed by atoms with Crippen LogP contribution < -0.4 is 16.6 Å². The third-order valence-electron chi connectivity index (χ3n) is 3.49. The van der Waals surface area contributed by atoms with Gasteiger partial charge in [-0.05, 0) is 25.2 Å². The molecule has 0 saturated heterocycles. The second-order valence-electron chi connectivity index (χ2n) is 5.51. The van der Waals surface area contributed by atoms with Crippen molar-refractivity contribution in [3.63, 3.8) is 0 Å². The van der Waals surface area contributed by atoms with E-state index in [1.807, 2.05) is 13.8 Å². The first-order chi connectivity index (χ1) is 9.08. The van der Waals surface area contributed by atoms with Crippen molar-refractivity contribution in [2.45, 2.75) is 45.1 Å². The molecule has 0 bridgehead atoms. The molecule has 0 amide bonds. The lowest BCUT2D eigenvalue weighted by molar-refractivity contribution is 0.178. The van der Waals surface area contributed by atoms with Crippen molar-refractivity contribution >= 4 is 11.6 Å². The van der Waals surface area contributed by atoms with Gasteiger partial charge in [-0.1, -0.05) is 13.8 Å². The number of hydrogen-bond acceptors (Lipinski definition) is 6. The lowest BCUT2D eigenvalue weighted by Gasteiger charge is -2.14. The topological polar surface area (TPSA) is 96.1 Å². The zero-order valence-corrected chi connectivity index (χ0v) is 11.6. The Hall–Kier alpha value is -1.40. The third kappa shape index (κ3) is 3.78. The van der Waals surface area contributed by atoms with E-state index in [1.165, 1.54) is 0 Å². The molecule has 1 aromatic heterocycles. The van der Waals surface area contributed by atoms with Gasteiger partial charge in [0.1, 0.15) is 17.5 Å². The SMILES string of the molecule is CC(C)c1nc(NN)cc(NCC2CCC(O)C2)n1. The summed E-state index contributed by atoms with van der Waals surface area (Å²) in [5, 5.41) is 12.8. The molecule has 1 aromatic rings. The van der Waals surface area contributed by atoms with Gasteiger partial charge < -0.3 is 15.8 Å². The molecule has 0 aliphatic heterocycles. The van der Waals surface area contributed by atoms with E-state index in [-0.39, 0.29) is 12.0 Å². The number of nitrogens with one attached hydrogen (secondary N) is 2. The molecule has 2 atom stereocenters. The highest BCUT2D eigenvalue weighted by atomic mass is 16.3. The van der Waals surface area contributed by atoms with Crippen molar-refractivity contribution in [3.8, 4) is 0 Å². The molecule has 6 nitrogen and oxygen atoms in total. The molecule has 1 fully saturated rings. The van der Waals surface area contributed by atoms with Gasteiger partial charge in [0.05, 0.1) is 6.10 Å². The Bertz CT molecular complexity index is 423. The van der Waals surface area contributed by atoms with Crippen molar-refractivity contribution in [2.24, 2.45) is 11.8 Å². The van der Waals surface area contributed by atoms with Crippen LogP contribution in [0, 0.1) is 5.92 Å². The van der Waals surface area contributed by atoms with E-state index in [1.54, 1.807) is 6.07 Å². The average molecular weight is 265 g/mol. The maximum Gasteiger partial charge on any atom is 0.145 e. The van der Waals surface area contributed by atoms with Crippen molar-refractivity contribution < 1.29 is 5.11 Å².